The SMILES string of the molecule is CC1(C)OC[C@@H](COS(=O)(=O)c2ccc([N+](=O)[O-])cc2)O1. The fourth-order valence-electron chi connectivity index (χ4n) is 1.81. The number of nitro benzene ring substituents is 1. The maximum atomic E-state index is 11.9. The van der Waals surface area contributed by atoms with Crippen LogP contribution in [-0.4, -0.2) is 38.4 Å². The molecule has 0 unspecified atom stereocenters. The first-order valence-electron chi connectivity index (χ1n) is 6.15. The van der Waals surface area contributed by atoms with E-state index in [1.807, 2.05) is 0 Å². The van der Waals surface area contributed by atoms with Crippen LogP contribution in [0.15, 0.2) is 29.2 Å². The van der Waals surface area contributed by atoms with Crippen LogP contribution in [0.3, 0.4) is 0 Å². The van der Waals surface area contributed by atoms with E-state index in [2.05, 4.69) is 0 Å². The monoisotopic (exact) mass is 317 g/mol. The molecule has 8 nitrogen and oxygen atoms in total. The Morgan fingerprint density at radius 1 is 1.38 bits per heavy atom. The first-order chi connectivity index (χ1) is 9.70. The standard InChI is InChI=1S/C12H15NO7S/c1-12(2)18-7-10(20-12)8-19-21(16,17)11-5-3-9(4-6-11)13(14)15/h3-6,10H,7-8H2,1-2H3/t10-/m0/s1. The summed E-state index contributed by atoms with van der Waals surface area (Å²) in [7, 11) is -3.99. The van der Waals surface area contributed by atoms with Gasteiger partial charge in [0.1, 0.15) is 6.10 Å². The van der Waals surface area contributed by atoms with Gasteiger partial charge in [0.15, 0.2) is 5.79 Å². The fourth-order valence-corrected chi connectivity index (χ4v) is 2.75. The molecule has 2 rings (SSSR count). The number of nitrogens with zero attached hydrogens (tertiary/aromatic N) is 1. The van der Waals surface area contributed by atoms with Gasteiger partial charge in [-0.1, -0.05) is 0 Å². The molecule has 1 aromatic rings. The van der Waals surface area contributed by atoms with Crippen LogP contribution in [0.4, 0.5) is 5.69 Å². The van der Waals surface area contributed by atoms with E-state index in [1.54, 1.807) is 13.8 Å². The van der Waals surface area contributed by atoms with Crippen LogP contribution in [0.2, 0.25) is 0 Å². The zero-order chi connectivity index (χ0) is 15.7. The average Bonchev–Trinajstić information content (AvgIpc) is 2.76. The number of non-ortho nitro benzene ring substituents is 1. The normalized spacial score (nSPS) is 21.3. The predicted octanol–water partition coefficient (Wildman–Crippen LogP) is 1.45. The Morgan fingerprint density at radius 3 is 2.48 bits per heavy atom. The first kappa shape index (κ1) is 15.8. The van der Waals surface area contributed by atoms with Crippen molar-refractivity contribution in [1.82, 2.24) is 0 Å². The Balaban J connectivity index is 2.00. The highest BCUT2D eigenvalue weighted by molar-refractivity contribution is 7.86. The molecule has 1 heterocycles. The quantitative estimate of drug-likeness (QED) is 0.460. The maximum Gasteiger partial charge on any atom is 0.297 e. The summed E-state index contributed by atoms with van der Waals surface area (Å²) in [5.41, 5.74) is -0.191. The summed E-state index contributed by atoms with van der Waals surface area (Å²) in [6, 6.07) is 4.47. The van der Waals surface area contributed by atoms with Crippen LogP contribution in [0, 0.1) is 10.1 Å². The van der Waals surface area contributed by atoms with Gasteiger partial charge in [-0.05, 0) is 26.0 Å². The second-order valence-electron chi connectivity index (χ2n) is 4.94. The van der Waals surface area contributed by atoms with Gasteiger partial charge in [-0.2, -0.15) is 8.42 Å². The van der Waals surface area contributed by atoms with E-state index in [1.165, 1.54) is 0 Å². The molecular weight excluding hydrogens is 302 g/mol. The minimum atomic E-state index is -3.99. The van der Waals surface area contributed by atoms with Crippen LogP contribution in [0.5, 0.6) is 0 Å². The van der Waals surface area contributed by atoms with E-state index in [-0.39, 0.29) is 23.8 Å². The van der Waals surface area contributed by atoms with Gasteiger partial charge in [0.05, 0.1) is 23.0 Å². The molecule has 0 spiro atoms. The van der Waals surface area contributed by atoms with Crippen molar-refractivity contribution in [1.29, 1.82) is 0 Å². The molecule has 0 bridgehead atoms. The number of rotatable bonds is 5. The van der Waals surface area contributed by atoms with E-state index < -0.39 is 26.9 Å². The minimum Gasteiger partial charge on any atom is -0.348 e. The number of hydrogen-bond acceptors (Lipinski definition) is 7. The number of benzene rings is 1. The van der Waals surface area contributed by atoms with Crippen LogP contribution >= 0.6 is 0 Å². The Morgan fingerprint density at radius 2 is 2.00 bits per heavy atom. The first-order valence-corrected chi connectivity index (χ1v) is 7.56. The van der Waals surface area contributed by atoms with Gasteiger partial charge in [-0.25, -0.2) is 0 Å². The molecule has 1 atom stereocenters. The molecule has 1 fully saturated rings. The van der Waals surface area contributed by atoms with Crippen LogP contribution in [0.25, 0.3) is 0 Å². The third-order valence-corrected chi connectivity index (χ3v) is 4.11. The van der Waals surface area contributed by atoms with Crippen molar-refractivity contribution in [3.63, 3.8) is 0 Å². The van der Waals surface area contributed by atoms with Gasteiger partial charge >= 0.3 is 0 Å². The molecule has 21 heavy (non-hydrogen) atoms. The Kier molecular flexibility index (Phi) is 4.28. The topological polar surface area (TPSA) is 105 Å². The van der Waals surface area contributed by atoms with Gasteiger partial charge in [-0.3, -0.25) is 14.3 Å². The molecule has 1 saturated heterocycles. The second-order valence-corrected chi connectivity index (χ2v) is 6.56. The van der Waals surface area contributed by atoms with Crippen LogP contribution in [-0.2, 0) is 23.8 Å². The molecule has 0 amide bonds. The van der Waals surface area contributed by atoms with Gasteiger partial charge in [0.2, 0.25) is 0 Å². The third-order valence-electron chi connectivity index (χ3n) is 2.81. The molecule has 1 aliphatic rings. The lowest BCUT2D eigenvalue weighted by molar-refractivity contribution is -0.384. The molecule has 1 aliphatic heterocycles. The largest absolute Gasteiger partial charge is 0.348 e. The maximum absolute atomic E-state index is 11.9. The third kappa shape index (κ3) is 3.97. The number of ether oxygens (including phenoxy) is 2. The molecule has 9 heteroatoms. The van der Waals surface area contributed by atoms with Gasteiger partial charge in [0.25, 0.3) is 15.8 Å². The summed E-state index contributed by atoms with van der Waals surface area (Å²) >= 11 is 0. The lowest BCUT2D eigenvalue weighted by atomic mass is 10.3. The molecule has 0 saturated carbocycles. The van der Waals surface area contributed by atoms with Crippen LogP contribution < -0.4 is 0 Å². The number of hydrogen-bond donors (Lipinski definition) is 0. The molecule has 0 radical (unpaired) electrons. The average molecular weight is 317 g/mol. The zero-order valence-electron chi connectivity index (χ0n) is 11.5. The Bertz CT molecular complexity index is 624. The summed E-state index contributed by atoms with van der Waals surface area (Å²) in [5, 5.41) is 10.5. The molecule has 0 aromatic heterocycles. The highest BCUT2D eigenvalue weighted by Gasteiger charge is 2.33. The smallest absolute Gasteiger partial charge is 0.297 e. The summed E-state index contributed by atoms with van der Waals surface area (Å²) in [6.07, 6.45) is -0.479. The van der Waals surface area contributed by atoms with E-state index in [0.717, 1.165) is 24.3 Å². The highest BCUT2D eigenvalue weighted by atomic mass is 32.2. The van der Waals surface area contributed by atoms with Gasteiger partial charge < -0.3 is 9.47 Å². The lowest BCUT2D eigenvalue weighted by Crippen LogP contribution is -2.25. The van der Waals surface area contributed by atoms with Crippen molar-refractivity contribution >= 4 is 15.8 Å². The van der Waals surface area contributed by atoms with E-state index in [4.69, 9.17) is 13.7 Å². The molecule has 0 N–H and O–H groups in total. The molecule has 1 aromatic carbocycles. The van der Waals surface area contributed by atoms with Crippen molar-refractivity contribution in [2.24, 2.45) is 0 Å². The Labute approximate surface area is 121 Å². The molecule has 0 aliphatic carbocycles. The van der Waals surface area contributed by atoms with E-state index in [0.29, 0.717) is 0 Å². The predicted molar refractivity (Wildman–Crippen MR) is 71.1 cm³/mol. The second kappa shape index (κ2) is 5.68. The lowest BCUT2D eigenvalue weighted by Gasteiger charge is -2.16. The van der Waals surface area contributed by atoms with Crippen molar-refractivity contribution in [3.05, 3.63) is 34.4 Å². The van der Waals surface area contributed by atoms with Gasteiger partial charge in [-0.15, -0.1) is 0 Å². The van der Waals surface area contributed by atoms with Crippen molar-refractivity contribution in [2.75, 3.05) is 13.2 Å². The van der Waals surface area contributed by atoms with Gasteiger partial charge in [0, 0.05) is 12.1 Å². The summed E-state index contributed by atoms with van der Waals surface area (Å²) in [5.74, 6) is -0.759. The molecule has 116 valence electrons. The molecular formula is C12H15NO7S. The highest BCUT2D eigenvalue weighted by Crippen LogP contribution is 2.24. The van der Waals surface area contributed by atoms with Crippen molar-refractivity contribution in [3.8, 4) is 0 Å². The minimum absolute atomic E-state index is 0.147. The van der Waals surface area contributed by atoms with E-state index >= 15 is 0 Å². The number of nitro groups is 1. The van der Waals surface area contributed by atoms with Crippen molar-refractivity contribution in [2.45, 2.75) is 30.6 Å². The summed E-state index contributed by atoms with van der Waals surface area (Å²) < 4.78 is 39.5. The zero-order valence-corrected chi connectivity index (χ0v) is 12.3. The van der Waals surface area contributed by atoms with Crippen molar-refractivity contribution < 1.29 is 27.0 Å². The van der Waals surface area contributed by atoms with E-state index in [9.17, 15) is 18.5 Å². The summed E-state index contributed by atoms with van der Waals surface area (Å²) in [6.45, 7) is 3.50. The fraction of sp³-hybridized carbons (Fsp3) is 0.500. The van der Waals surface area contributed by atoms with Crippen LogP contribution in [0.1, 0.15) is 13.8 Å². The Hall–Kier alpha value is -1.55. The summed E-state index contributed by atoms with van der Waals surface area (Å²) in [4.78, 5) is 9.76.